The fraction of sp³-hybridized carbons (Fsp3) is 0.933. The van der Waals surface area contributed by atoms with E-state index in [1.807, 2.05) is 0 Å². The maximum atomic E-state index is 9.36. The summed E-state index contributed by atoms with van der Waals surface area (Å²) < 4.78 is 0. The maximum absolute atomic E-state index is 9.36. The molecule has 0 aromatic rings. The number of hydrogen-bond donors (Lipinski definition) is 1. The van der Waals surface area contributed by atoms with Gasteiger partial charge in [-0.15, -0.1) is 0 Å². The van der Waals surface area contributed by atoms with Crippen LogP contribution in [0.15, 0.2) is 0 Å². The summed E-state index contributed by atoms with van der Waals surface area (Å²) in [5.74, 6) is 0. The van der Waals surface area contributed by atoms with Crippen molar-refractivity contribution >= 4 is 0 Å². The number of nitriles is 1. The van der Waals surface area contributed by atoms with E-state index in [0.717, 1.165) is 26.1 Å². The third-order valence-corrected chi connectivity index (χ3v) is 4.28. The van der Waals surface area contributed by atoms with E-state index in [-0.39, 0.29) is 5.54 Å². The summed E-state index contributed by atoms with van der Waals surface area (Å²) in [6.45, 7) is 11.3. The molecule has 1 unspecified atom stereocenters. The molecule has 1 N–H and O–H groups in total. The summed E-state index contributed by atoms with van der Waals surface area (Å²) in [6, 6.07) is 3.07. The first-order valence-electron chi connectivity index (χ1n) is 7.79. The monoisotopic (exact) mass is 264 g/mol. The van der Waals surface area contributed by atoms with E-state index in [9.17, 15) is 5.26 Å². The molecule has 1 aliphatic heterocycles. The maximum Gasteiger partial charge on any atom is 0.105 e. The van der Waals surface area contributed by atoms with Gasteiger partial charge in [0.15, 0.2) is 0 Å². The van der Waals surface area contributed by atoms with Crippen LogP contribution in [-0.4, -0.2) is 60.6 Å². The van der Waals surface area contributed by atoms with Crippen LogP contribution < -0.4 is 5.32 Å². The third-order valence-electron chi connectivity index (χ3n) is 4.28. The van der Waals surface area contributed by atoms with Crippen molar-refractivity contribution in [3.63, 3.8) is 0 Å². The minimum Gasteiger partial charge on any atom is -0.301 e. The predicted octanol–water partition coefficient (Wildman–Crippen LogP) is 1.44. The molecule has 108 valence electrons. The second-order valence-corrected chi connectivity index (χ2v) is 6.30. The second-order valence-electron chi connectivity index (χ2n) is 6.30. The van der Waals surface area contributed by atoms with Gasteiger partial charge in [-0.3, -0.25) is 5.32 Å². The molecule has 0 radical (unpaired) electrons. The lowest BCUT2D eigenvalue weighted by atomic mass is 9.99. The minimum absolute atomic E-state index is 0.332. The van der Waals surface area contributed by atoms with E-state index in [1.54, 1.807) is 0 Å². The summed E-state index contributed by atoms with van der Waals surface area (Å²) in [7, 11) is 0. The summed E-state index contributed by atoms with van der Waals surface area (Å²) >= 11 is 0. The molecule has 2 aliphatic rings. The van der Waals surface area contributed by atoms with Gasteiger partial charge in [0.1, 0.15) is 5.54 Å². The first-order chi connectivity index (χ1) is 9.15. The van der Waals surface area contributed by atoms with Gasteiger partial charge in [-0.1, -0.05) is 6.92 Å². The fourth-order valence-electron chi connectivity index (χ4n) is 2.77. The van der Waals surface area contributed by atoms with Crippen LogP contribution >= 0.6 is 0 Å². The molecule has 1 saturated carbocycles. The van der Waals surface area contributed by atoms with Crippen molar-refractivity contribution in [1.82, 2.24) is 15.1 Å². The Morgan fingerprint density at radius 1 is 1.16 bits per heavy atom. The van der Waals surface area contributed by atoms with Crippen molar-refractivity contribution in [1.29, 1.82) is 5.26 Å². The SMILES string of the molecule is CCCN1CCN(CCC(C)(C#N)NC2CC2)CC1. The van der Waals surface area contributed by atoms with Crippen molar-refractivity contribution in [2.24, 2.45) is 0 Å². The van der Waals surface area contributed by atoms with Crippen molar-refractivity contribution < 1.29 is 0 Å². The quantitative estimate of drug-likeness (QED) is 0.755. The van der Waals surface area contributed by atoms with Crippen molar-refractivity contribution in [3.8, 4) is 6.07 Å². The Morgan fingerprint density at radius 2 is 1.74 bits per heavy atom. The minimum atomic E-state index is -0.332. The molecule has 4 nitrogen and oxygen atoms in total. The van der Waals surface area contributed by atoms with E-state index in [2.05, 4.69) is 35.0 Å². The van der Waals surface area contributed by atoms with Crippen LogP contribution in [0.5, 0.6) is 0 Å². The smallest absolute Gasteiger partial charge is 0.105 e. The molecule has 1 aliphatic carbocycles. The van der Waals surface area contributed by atoms with Gasteiger partial charge in [-0.2, -0.15) is 5.26 Å². The predicted molar refractivity (Wildman–Crippen MR) is 78.0 cm³/mol. The number of nitrogens with one attached hydrogen (secondary N) is 1. The molecule has 0 spiro atoms. The molecule has 4 heteroatoms. The number of hydrogen-bond acceptors (Lipinski definition) is 4. The summed E-state index contributed by atoms with van der Waals surface area (Å²) in [6.07, 6.45) is 4.67. The Kier molecular flexibility index (Phi) is 5.20. The molecular formula is C15H28N4. The van der Waals surface area contributed by atoms with E-state index in [0.29, 0.717) is 6.04 Å². The fourth-order valence-corrected chi connectivity index (χ4v) is 2.77. The Balaban J connectivity index is 1.68. The molecule has 1 heterocycles. The summed E-state index contributed by atoms with van der Waals surface area (Å²) in [5, 5.41) is 12.9. The lowest BCUT2D eigenvalue weighted by Gasteiger charge is -2.36. The van der Waals surface area contributed by atoms with Crippen LogP contribution in [0.3, 0.4) is 0 Å². The number of piperazine rings is 1. The Labute approximate surface area is 117 Å². The molecular weight excluding hydrogens is 236 g/mol. The zero-order chi connectivity index (χ0) is 13.7. The summed E-state index contributed by atoms with van der Waals surface area (Å²) in [5.41, 5.74) is -0.332. The highest BCUT2D eigenvalue weighted by Gasteiger charge is 2.32. The van der Waals surface area contributed by atoms with Gasteiger partial charge in [-0.05, 0) is 39.2 Å². The zero-order valence-corrected chi connectivity index (χ0v) is 12.5. The van der Waals surface area contributed by atoms with Gasteiger partial charge in [0.05, 0.1) is 6.07 Å². The van der Waals surface area contributed by atoms with Crippen LogP contribution in [-0.2, 0) is 0 Å². The van der Waals surface area contributed by atoms with Crippen LogP contribution in [0.2, 0.25) is 0 Å². The van der Waals surface area contributed by atoms with Crippen molar-refractivity contribution in [2.45, 2.75) is 51.1 Å². The molecule has 0 aromatic carbocycles. The van der Waals surface area contributed by atoms with Crippen LogP contribution in [0.4, 0.5) is 0 Å². The standard InChI is InChI=1S/C15H28N4/c1-3-7-18-9-11-19(12-10-18)8-6-15(2,13-16)17-14-4-5-14/h14,17H,3-12H2,1-2H3. The Hall–Kier alpha value is -0.630. The van der Waals surface area contributed by atoms with Gasteiger partial charge >= 0.3 is 0 Å². The molecule has 19 heavy (non-hydrogen) atoms. The lowest BCUT2D eigenvalue weighted by Crippen LogP contribution is -2.50. The van der Waals surface area contributed by atoms with Crippen molar-refractivity contribution in [2.75, 3.05) is 39.3 Å². The van der Waals surface area contributed by atoms with Crippen molar-refractivity contribution in [3.05, 3.63) is 0 Å². The largest absolute Gasteiger partial charge is 0.301 e. The van der Waals surface area contributed by atoms with Gasteiger partial charge in [0, 0.05) is 38.8 Å². The van der Waals surface area contributed by atoms with Crippen LogP contribution in [0.1, 0.15) is 39.5 Å². The van der Waals surface area contributed by atoms with E-state index in [1.165, 1.54) is 38.9 Å². The average molecular weight is 264 g/mol. The second kappa shape index (κ2) is 6.69. The van der Waals surface area contributed by atoms with Gasteiger partial charge < -0.3 is 9.80 Å². The molecule has 1 saturated heterocycles. The summed E-state index contributed by atoms with van der Waals surface area (Å²) in [4.78, 5) is 5.05. The van der Waals surface area contributed by atoms with Crippen LogP contribution in [0.25, 0.3) is 0 Å². The van der Waals surface area contributed by atoms with Gasteiger partial charge in [-0.25, -0.2) is 0 Å². The first kappa shape index (κ1) is 14.8. The first-order valence-corrected chi connectivity index (χ1v) is 7.79. The topological polar surface area (TPSA) is 42.3 Å². The van der Waals surface area contributed by atoms with Gasteiger partial charge in [0.25, 0.3) is 0 Å². The van der Waals surface area contributed by atoms with Crippen LogP contribution in [0, 0.1) is 11.3 Å². The average Bonchev–Trinajstić information content (AvgIpc) is 3.22. The number of nitrogens with zero attached hydrogens (tertiary/aromatic N) is 3. The molecule has 0 amide bonds. The Morgan fingerprint density at radius 3 is 2.21 bits per heavy atom. The highest BCUT2D eigenvalue weighted by atomic mass is 15.3. The highest BCUT2D eigenvalue weighted by Crippen LogP contribution is 2.24. The molecule has 1 atom stereocenters. The molecule has 2 fully saturated rings. The van der Waals surface area contributed by atoms with E-state index in [4.69, 9.17) is 0 Å². The van der Waals surface area contributed by atoms with E-state index < -0.39 is 0 Å². The van der Waals surface area contributed by atoms with Gasteiger partial charge in [0.2, 0.25) is 0 Å². The molecule has 0 aromatic heterocycles. The van der Waals surface area contributed by atoms with E-state index >= 15 is 0 Å². The normalized spacial score (nSPS) is 24.9. The molecule has 2 rings (SSSR count). The molecule has 0 bridgehead atoms. The lowest BCUT2D eigenvalue weighted by molar-refractivity contribution is 0.126. The highest BCUT2D eigenvalue weighted by molar-refractivity contribution is 5.07. The number of rotatable bonds is 7. The third kappa shape index (κ3) is 4.76. The zero-order valence-electron chi connectivity index (χ0n) is 12.5. The Bertz CT molecular complexity index is 313.